The zero-order chi connectivity index (χ0) is 52.7. The minimum absolute atomic E-state index is 0.0250. The molecule has 8 atom stereocenters. The van der Waals surface area contributed by atoms with Crippen LogP contribution in [-0.4, -0.2) is 129 Å². The van der Waals surface area contributed by atoms with Crippen LogP contribution in [0.5, 0.6) is 0 Å². The van der Waals surface area contributed by atoms with Crippen LogP contribution < -0.4 is 16.4 Å². The van der Waals surface area contributed by atoms with E-state index in [0.717, 1.165) is 41.8 Å². The van der Waals surface area contributed by atoms with Gasteiger partial charge in [0.15, 0.2) is 22.8 Å². The molecule has 71 heavy (non-hydrogen) atoms. The van der Waals surface area contributed by atoms with Crippen molar-refractivity contribution in [3.05, 3.63) is 61.3 Å². The number of hydrogen-bond acceptors (Lipinski definition) is 19. The van der Waals surface area contributed by atoms with E-state index in [2.05, 4.69) is 52.3 Å². The highest BCUT2D eigenvalue weighted by Crippen LogP contribution is 2.61. The number of unbranched alkanes of at least 4 members (excludes halogenated alkanes) is 4. The SMILES string of the molecule is CCCCC/C=C/C=C/C(C/C=C/C/C=C/CCCC(=O)SCCNC(=O)CCNC(=O)C(O)C(C)(C)COP(=O)(O)OP(=O)(O)OCC1OC(n2cnc3c(N)ncnc32)C(O)C1OP(=O)(O)O)O[O]. The molecule has 1 radical (unpaired) electrons. The number of phosphoric ester groups is 3. The molecule has 399 valence electrons. The normalized spacial score (nSPS) is 20.5. The zero-order valence-corrected chi connectivity index (χ0v) is 43.0. The van der Waals surface area contributed by atoms with Crippen molar-refractivity contribution in [1.29, 1.82) is 0 Å². The van der Waals surface area contributed by atoms with Gasteiger partial charge in [-0.1, -0.05) is 94.0 Å². The van der Waals surface area contributed by atoms with Crippen molar-refractivity contribution in [3.63, 3.8) is 0 Å². The van der Waals surface area contributed by atoms with Gasteiger partial charge in [0.2, 0.25) is 11.8 Å². The van der Waals surface area contributed by atoms with Gasteiger partial charge in [0.1, 0.15) is 42.4 Å². The van der Waals surface area contributed by atoms with Gasteiger partial charge in [-0.25, -0.2) is 28.6 Å². The van der Waals surface area contributed by atoms with Gasteiger partial charge in [-0.15, -0.1) is 0 Å². The lowest BCUT2D eigenvalue weighted by Gasteiger charge is -2.30. The summed E-state index contributed by atoms with van der Waals surface area (Å²) in [5.41, 5.74) is 4.25. The molecule has 2 amide bonds. The molecule has 1 aliphatic heterocycles. The van der Waals surface area contributed by atoms with Gasteiger partial charge >= 0.3 is 23.5 Å². The lowest BCUT2D eigenvalue weighted by atomic mass is 9.87. The third kappa shape index (κ3) is 23.0. The average molecular weight is 1080 g/mol. The summed E-state index contributed by atoms with van der Waals surface area (Å²) < 4.78 is 62.4. The summed E-state index contributed by atoms with van der Waals surface area (Å²) in [7, 11) is -16.5. The smallest absolute Gasteiger partial charge is 0.386 e. The number of nitrogens with two attached hydrogens (primary N) is 1. The van der Waals surface area contributed by atoms with Crippen LogP contribution >= 0.6 is 35.2 Å². The fourth-order valence-corrected chi connectivity index (χ4v) is 9.93. The zero-order valence-electron chi connectivity index (χ0n) is 39.5. The molecule has 30 heteroatoms. The second kappa shape index (κ2) is 30.6. The number of amides is 2. The maximum Gasteiger partial charge on any atom is 0.481 e. The van der Waals surface area contributed by atoms with E-state index < -0.39 is 90.7 Å². The quantitative estimate of drug-likeness (QED) is 0.0119. The predicted octanol–water partition coefficient (Wildman–Crippen LogP) is 4.15. The second-order valence-electron chi connectivity index (χ2n) is 16.5. The Morgan fingerprint density at radius 2 is 1.66 bits per heavy atom. The molecule has 3 rings (SSSR count). The molecule has 0 aromatic carbocycles. The Balaban J connectivity index is 1.31. The standard InChI is InChI=1S/C41H65N7O19P3S/c1-4-5-6-7-9-12-15-18-29(65-54)19-16-13-10-8-11-14-17-20-32(50)71-24-23-43-31(49)21-22-44-39(53)36(52)41(2,3)26-63-70(60,61)67-69(58,59)62-25-30-35(66-68(55,56)57)34(51)40(64-30)48-28-47-33-37(42)45-27-46-38(33)48/h8-9,11-13,15-16,18,27-30,34-36,40,51-52H,4-7,10,14,17,19-26H2,1-3H3,(H,43,49)(H,44,53)(H,58,59)(H,60,61)(H2,42,45,46)(H2,55,56,57)/b11-8+,12-9+,16-13+,18-15+. The highest BCUT2D eigenvalue weighted by Gasteiger charge is 2.50. The molecule has 26 nitrogen and oxygen atoms in total. The number of nitrogen functional groups attached to an aromatic ring is 1. The number of carbonyl (C=O) groups excluding carboxylic acids is 3. The van der Waals surface area contributed by atoms with E-state index in [1.165, 1.54) is 26.7 Å². The Bertz CT molecular complexity index is 2280. The van der Waals surface area contributed by atoms with Crippen molar-refractivity contribution < 1.29 is 90.6 Å². The number of hydrogen-bond donors (Lipinski definition) is 9. The molecule has 2 aromatic rings. The Labute approximate surface area is 414 Å². The van der Waals surface area contributed by atoms with E-state index in [-0.39, 0.29) is 41.6 Å². The molecule has 1 saturated heterocycles. The first-order chi connectivity index (χ1) is 33.5. The highest BCUT2D eigenvalue weighted by atomic mass is 32.2. The van der Waals surface area contributed by atoms with Crippen molar-refractivity contribution >= 4 is 69.1 Å². The first-order valence-corrected chi connectivity index (χ1v) is 28.0. The van der Waals surface area contributed by atoms with Gasteiger partial charge in [0.25, 0.3) is 0 Å². The van der Waals surface area contributed by atoms with Crippen LogP contribution in [0.25, 0.3) is 11.2 Å². The second-order valence-corrected chi connectivity index (χ2v) is 21.9. The van der Waals surface area contributed by atoms with Crippen LogP contribution in [0.3, 0.4) is 0 Å². The number of nitrogens with one attached hydrogen (secondary N) is 2. The van der Waals surface area contributed by atoms with E-state index in [9.17, 15) is 63.1 Å². The number of aliphatic hydroxyl groups is 2. The molecule has 0 spiro atoms. The number of allylic oxidation sites excluding steroid dienone is 6. The van der Waals surface area contributed by atoms with E-state index in [1.807, 2.05) is 36.5 Å². The molecule has 0 saturated carbocycles. The number of aromatic nitrogens is 4. The maximum absolute atomic E-state index is 12.7. The van der Waals surface area contributed by atoms with Gasteiger partial charge < -0.3 is 50.9 Å². The van der Waals surface area contributed by atoms with E-state index in [4.69, 9.17) is 19.5 Å². The summed E-state index contributed by atoms with van der Waals surface area (Å²) in [6.45, 7) is 2.58. The van der Waals surface area contributed by atoms with Crippen LogP contribution in [0, 0.1) is 5.41 Å². The number of anilines is 1. The molecule has 0 bridgehead atoms. The number of carbonyl (C=O) groups is 3. The summed E-state index contributed by atoms with van der Waals surface area (Å²) in [6.07, 6.45) is 15.2. The first-order valence-electron chi connectivity index (χ1n) is 22.5. The van der Waals surface area contributed by atoms with Gasteiger partial charge in [-0.05, 0) is 43.8 Å². The monoisotopic (exact) mass is 1080 g/mol. The van der Waals surface area contributed by atoms with Crippen molar-refractivity contribution in [2.75, 3.05) is 37.8 Å². The summed E-state index contributed by atoms with van der Waals surface area (Å²) in [4.78, 5) is 92.6. The molecule has 1 fully saturated rings. The van der Waals surface area contributed by atoms with Crippen LogP contribution in [0.2, 0.25) is 0 Å². The third-order valence-corrected chi connectivity index (χ3v) is 14.2. The number of thioether (sulfide) groups is 1. The van der Waals surface area contributed by atoms with E-state index >= 15 is 0 Å². The van der Waals surface area contributed by atoms with Crippen molar-refractivity contribution in [1.82, 2.24) is 30.2 Å². The first kappa shape index (κ1) is 61.7. The molecule has 8 unspecified atom stereocenters. The lowest BCUT2D eigenvalue weighted by molar-refractivity contribution is -0.323. The van der Waals surface area contributed by atoms with Crippen molar-refractivity contribution in [3.8, 4) is 0 Å². The fraction of sp³-hybridized carbons (Fsp3) is 0.610. The number of ether oxygens (including phenoxy) is 1. The third-order valence-electron chi connectivity index (χ3n) is 10.2. The molecule has 3 heterocycles. The van der Waals surface area contributed by atoms with E-state index in [1.54, 1.807) is 6.08 Å². The minimum atomic E-state index is -5.59. The van der Waals surface area contributed by atoms with Gasteiger partial charge in [-0.3, -0.25) is 32.5 Å². The summed E-state index contributed by atoms with van der Waals surface area (Å²) >= 11 is 1.08. The summed E-state index contributed by atoms with van der Waals surface area (Å²) in [5.74, 6) is -1.16. The molecule has 0 aliphatic carbocycles. The van der Waals surface area contributed by atoms with Gasteiger partial charge in [0.05, 0.1) is 19.5 Å². The molecule has 1 aliphatic rings. The van der Waals surface area contributed by atoms with Crippen LogP contribution in [0.15, 0.2) is 61.3 Å². The van der Waals surface area contributed by atoms with Crippen molar-refractivity contribution in [2.45, 2.75) is 122 Å². The number of nitrogens with zero attached hydrogens (tertiary/aromatic N) is 4. The number of fused-ring (bicyclic) bond motifs is 1. The summed E-state index contributed by atoms with van der Waals surface area (Å²) in [6, 6.07) is 0. The van der Waals surface area contributed by atoms with Crippen molar-refractivity contribution in [2.24, 2.45) is 5.41 Å². The Morgan fingerprint density at radius 3 is 2.38 bits per heavy atom. The minimum Gasteiger partial charge on any atom is -0.386 e. The lowest BCUT2D eigenvalue weighted by Crippen LogP contribution is -2.46. The molecule has 10 N–H and O–H groups in total. The number of imidazole rings is 1. The van der Waals surface area contributed by atoms with Gasteiger partial charge in [0, 0.05) is 37.1 Å². The summed E-state index contributed by atoms with van der Waals surface area (Å²) in [5, 5.41) is 37.5. The highest BCUT2D eigenvalue weighted by molar-refractivity contribution is 8.13. The topological polar surface area (TPSA) is 393 Å². The number of aliphatic hydroxyl groups excluding tert-OH is 2. The largest absolute Gasteiger partial charge is 0.481 e. The Hall–Kier alpha value is -3.56. The van der Waals surface area contributed by atoms with Gasteiger partial charge in [-0.2, -0.15) is 9.20 Å². The van der Waals surface area contributed by atoms with E-state index in [0.29, 0.717) is 37.9 Å². The Morgan fingerprint density at radius 1 is 0.944 bits per heavy atom. The molecular formula is C41H65N7O19P3S. The predicted molar refractivity (Wildman–Crippen MR) is 256 cm³/mol. The number of phosphoric acid groups is 3. The molecule has 2 aromatic heterocycles. The van der Waals surface area contributed by atoms with Crippen LogP contribution in [-0.2, 0) is 60.8 Å². The Kier molecular flexibility index (Phi) is 26.6. The molecular weight excluding hydrogens is 1020 g/mol. The average Bonchev–Trinajstić information content (AvgIpc) is 3.86. The van der Waals surface area contributed by atoms with Crippen LogP contribution in [0.4, 0.5) is 5.82 Å². The van der Waals surface area contributed by atoms with Crippen LogP contribution in [0.1, 0.15) is 91.2 Å². The number of rotatable bonds is 34. The fourth-order valence-electron chi connectivity index (χ4n) is 6.38. The maximum atomic E-state index is 12.7.